The molecule has 0 amide bonds. The number of benzene rings is 1. The number of rotatable bonds is 4. The van der Waals surface area contributed by atoms with Crippen LogP contribution in [0.4, 0.5) is 8.78 Å². The molecular formula is C11H14F2N2. The molecule has 2 rings (SSSR count). The smallest absolute Gasteiger partial charge is 0.129 e. The van der Waals surface area contributed by atoms with Crippen LogP contribution in [0.25, 0.3) is 0 Å². The highest BCUT2D eigenvalue weighted by atomic mass is 19.1. The monoisotopic (exact) mass is 212 g/mol. The van der Waals surface area contributed by atoms with E-state index in [2.05, 4.69) is 5.43 Å². The number of hydrogen-bond acceptors (Lipinski definition) is 2. The van der Waals surface area contributed by atoms with E-state index in [1.807, 2.05) is 0 Å². The highest BCUT2D eigenvalue weighted by Gasteiger charge is 2.31. The van der Waals surface area contributed by atoms with Gasteiger partial charge in [-0.25, -0.2) is 8.78 Å². The van der Waals surface area contributed by atoms with Crippen LogP contribution in [0.15, 0.2) is 18.2 Å². The number of nitrogens with one attached hydrogen (secondary N) is 1. The first-order valence-electron chi connectivity index (χ1n) is 5.11. The van der Waals surface area contributed by atoms with Gasteiger partial charge in [0.2, 0.25) is 0 Å². The van der Waals surface area contributed by atoms with Gasteiger partial charge in [0.15, 0.2) is 0 Å². The maximum atomic E-state index is 13.3. The van der Waals surface area contributed by atoms with Gasteiger partial charge in [-0.2, -0.15) is 0 Å². The van der Waals surface area contributed by atoms with Crippen molar-refractivity contribution in [3.63, 3.8) is 0 Å². The summed E-state index contributed by atoms with van der Waals surface area (Å²) in [5.74, 6) is 4.85. The summed E-state index contributed by atoms with van der Waals surface area (Å²) in [7, 11) is 0. The lowest BCUT2D eigenvalue weighted by Gasteiger charge is -2.15. The Labute approximate surface area is 87.4 Å². The summed E-state index contributed by atoms with van der Waals surface area (Å²) in [6, 6.07) is 3.91. The van der Waals surface area contributed by atoms with Gasteiger partial charge in [0, 0.05) is 11.6 Å². The Bertz CT molecular complexity index is 330. The zero-order chi connectivity index (χ0) is 10.8. The van der Waals surface area contributed by atoms with E-state index in [-0.39, 0.29) is 11.6 Å². The average molecular weight is 212 g/mol. The molecule has 1 saturated carbocycles. The van der Waals surface area contributed by atoms with Crippen molar-refractivity contribution in [2.75, 3.05) is 0 Å². The molecule has 0 bridgehead atoms. The molecular weight excluding hydrogens is 198 g/mol. The van der Waals surface area contributed by atoms with Gasteiger partial charge < -0.3 is 0 Å². The van der Waals surface area contributed by atoms with Crippen LogP contribution in [0.3, 0.4) is 0 Å². The molecule has 0 aromatic heterocycles. The minimum absolute atomic E-state index is 0.0172. The summed E-state index contributed by atoms with van der Waals surface area (Å²) in [5, 5.41) is 0. The number of hydrazine groups is 1. The predicted molar refractivity (Wildman–Crippen MR) is 53.9 cm³/mol. The molecule has 0 heterocycles. The van der Waals surface area contributed by atoms with Crippen molar-refractivity contribution in [2.24, 2.45) is 11.8 Å². The number of nitrogens with two attached hydrogens (primary N) is 1. The Hall–Kier alpha value is -1.00. The highest BCUT2D eigenvalue weighted by molar-refractivity contribution is 5.21. The summed E-state index contributed by atoms with van der Waals surface area (Å²) in [5.41, 5.74) is 2.77. The molecule has 1 aromatic carbocycles. The quantitative estimate of drug-likeness (QED) is 0.589. The lowest BCUT2D eigenvalue weighted by molar-refractivity contribution is 0.449. The lowest BCUT2D eigenvalue weighted by Crippen LogP contribution is -2.38. The van der Waals surface area contributed by atoms with Crippen LogP contribution >= 0.6 is 0 Å². The van der Waals surface area contributed by atoms with E-state index in [9.17, 15) is 8.78 Å². The first-order chi connectivity index (χ1) is 7.22. The van der Waals surface area contributed by atoms with Crippen molar-refractivity contribution in [1.82, 2.24) is 5.43 Å². The minimum atomic E-state index is -0.490. The number of halogens is 2. The second-order valence-corrected chi connectivity index (χ2v) is 4.01. The first kappa shape index (κ1) is 10.5. The van der Waals surface area contributed by atoms with E-state index in [4.69, 9.17) is 5.84 Å². The first-order valence-corrected chi connectivity index (χ1v) is 5.11. The van der Waals surface area contributed by atoms with Crippen LogP contribution in [-0.4, -0.2) is 6.04 Å². The second kappa shape index (κ2) is 4.24. The van der Waals surface area contributed by atoms with Gasteiger partial charge in [0.05, 0.1) is 0 Å². The van der Waals surface area contributed by atoms with E-state index >= 15 is 0 Å². The normalized spacial score (nSPS) is 17.8. The van der Waals surface area contributed by atoms with Crippen molar-refractivity contribution < 1.29 is 8.78 Å². The molecule has 3 N–H and O–H groups in total. The zero-order valence-corrected chi connectivity index (χ0v) is 8.34. The standard InChI is InChI=1S/C11H14F2N2/c12-9-2-1-3-10(13)8(9)6-11(15-14)7-4-5-7/h1-3,7,11,15H,4-6,14H2. The zero-order valence-electron chi connectivity index (χ0n) is 8.34. The third kappa shape index (κ3) is 2.33. The van der Waals surface area contributed by atoms with Crippen LogP contribution in [0.2, 0.25) is 0 Å². The van der Waals surface area contributed by atoms with Gasteiger partial charge in [-0.3, -0.25) is 11.3 Å². The highest BCUT2D eigenvalue weighted by Crippen LogP contribution is 2.34. The fourth-order valence-corrected chi connectivity index (χ4v) is 1.81. The van der Waals surface area contributed by atoms with E-state index in [0.29, 0.717) is 12.3 Å². The van der Waals surface area contributed by atoms with Gasteiger partial charge in [0.25, 0.3) is 0 Å². The van der Waals surface area contributed by atoms with Crippen LogP contribution in [0.5, 0.6) is 0 Å². The molecule has 82 valence electrons. The summed E-state index contributed by atoms with van der Waals surface area (Å²) < 4.78 is 26.6. The second-order valence-electron chi connectivity index (χ2n) is 4.01. The fraction of sp³-hybridized carbons (Fsp3) is 0.455. The Morgan fingerprint density at radius 2 is 1.93 bits per heavy atom. The van der Waals surface area contributed by atoms with Crippen molar-refractivity contribution in [1.29, 1.82) is 0 Å². The SMILES string of the molecule is NNC(Cc1c(F)cccc1F)C1CC1. The molecule has 1 atom stereocenters. The van der Waals surface area contributed by atoms with Gasteiger partial charge >= 0.3 is 0 Å². The van der Waals surface area contributed by atoms with E-state index in [1.54, 1.807) is 0 Å². The summed E-state index contributed by atoms with van der Waals surface area (Å²) >= 11 is 0. The van der Waals surface area contributed by atoms with Crippen molar-refractivity contribution in [3.05, 3.63) is 35.4 Å². The largest absolute Gasteiger partial charge is 0.271 e. The molecule has 0 radical (unpaired) electrons. The maximum absolute atomic E-state index is 13.3. The Balaban J connectivity index is 2.14. The Morgan fingerprint density at radius 3 is 2.40 bits per heavy atom. The molecule has 15 heavy (non-hydrogen) atoms. The molecule has 1 aliphatic carbocycles. The molecule has 2 nitrogen and oxygen atoms in total. The molecule has 0 aliphatic heterocycles. The summed E-state index contributed by atoms with van der Waals surface area (Å²) in [6.07, 6.45) is 2.50. The molecule has 0 saturated heterocycles. The van der Waals surface area contributed by atoms with Crippen molar-refractivity contribution >= 4 is 0 Å². The lowest BCUT2D eigenvalue weighted by atomic mass is 10.0. The molecule has 1 aliphatic rings. The van der Waals surface area contributed by atoms with E-state index < -0.39 is 11.6 Å². The van der Waals surface area contributed by atoms with Crippen molar-refractivity contribution in [2.45, 2.75) is 25.3 Å². The third-order valence-electron chi connectivity index (χ3n) is 2.89. The molecule has 1 unspecified atom stereocenters. The van der Waals surface area contributed by atoms with E-state index in [1.165, 1.54) is 18.2 Å². The Morgan fingerprint density at radius 1 is 1.33 bits per heavy atom. The summed E-state index contributed by atoms with van der Waals surface area (Å²) in [4.78, 5) is 0. The van der Waals surface area contributed by atoms with Crippen LogP contribution < -0.4 is 11.3 Å². The number of hydrogen-bond donors (Lipinski definition) is 2. The van der Waals surface area contributed by atoms with E-state index in [0.717, 1.165) is 12.8 Å². The van der Waals surface area contributed by atoms with Gasteiger partial charge in [-0.1, -0.05) is 6.07 Å². The fourth-order valence-electron chi connectivity index (χ4n) is 1.81. The minimum Gasteiger partial charge on any atom is -0.271 e. The third-order valence-corrected chi connectivity index (χ3v) is 2.89. The molecule has 4 heteroatoms. The maximum Gasteiger partial charge on any atom is 0.129 e. The molecule has 1 fully saturated rings. The van der Waals surface area contributed by atoms with Crippen LogP contribution in [0, 0.1) is 17.6 Å². The van der Waals surface area contributed by atoms with Crippen LogP contribution in [0.1, 0.15) is 18.4 Å². The van der Waals surface area contributed by atoms with Gasteiger partial charge in [-0.05, 0) is 37.3 Å². The molecule has 1 aromatic rings. The topological polar surface area (TPSA) is 38.0 Å². The Kier molecular flexibility index (Phi) is 2.98. The summed E-state index contributed by atoms with van der Waals surface area (Å²) in [6.45, 7) is 0. The van der Waals surface area contributed by atoms with Crippen molar-refractivity contribution in [3.8, 4) is 0 Å². The molecule has 0 spiro atoms. The predicted octanol–water partition coefficient (Wildman–Crippen LogP) is 1.75. The van der Waals surface area contributed by atoms with Crippen LogP contribution in [-0.2, 0) is 6.42 Å². The van der Waals surface area contributed by atoms with Gasteiger partial charge in [-0.15, -0.1) is 0 Å². The average Bonchev–Trinajstić information content (AvgIpc) is 3.01. The van der Waals surface area contributed by atoms with Gasteiger partial charge in [0.1, 0.15) is 11.6 Å².